The Morgan fingerprint density at radius 3 is 3.06 bits per heavy atom. The molecule has 2 N–H and O–H groups in total. The lowest BCUT2D eigenvalue weighted by Crippen LogP contribution is -2.18. The van der Waals surface area contributed by atoms with Crippen molar-refractivity contribution in [3.63, 3.8) is 0 Å². The standard InChI is InChI=1S/C14H20N2OS/c1-10-3-4-11(2)13(7-10)16-14(17)9-18-12-5-6-15-8-12/h3-4,7,12,15H,5-6,8-9H2,1-2H3,(H,16,17). The van der Waals surface area contributed by atoms with Crippen LogP contribution in [0.25, 0.3) is 0 Å². The Morgan fingerprint density at radius 1 is 1.50 bits per heavy atom. The second-order valence-electron chi connectivity index (χ2n) is 4.79. The fourth-order valence-electron chi connectivity index (χ4n) is 2.02. The van der Waals surface area contributed by atoms with Crippen molar-refractivity contribution < 1.29 is 4.79 Å². The molecule has 4 heteroatoms. The monoisotopic (exact) mass is 264 g/mol. The molecule has 3 nitrogen and oxygen atoms in total. The number of hydrogen-bond acceptors (Lipinski definition) is 3. The molecule has 0 radical (unpaired) electrons. The van der Waals surface area contributed by atoms with Gasteiger partial charge in [0.05, 0.1) is 5.75 Å². The van der Waals surface area contributed by atoms with Crippen LogP contribution < -0.4 is 10.6 Å². The van der Waals surface area contributed by atoms with E-state index in [2.05, 4.69) is 16.7 Å². The zero-order valence-corrected chi connectivity index (χ0v) is 11.8. The van der Waals surface area contributed by atoms with Crippen molar-refractivity contribution in [1.82, 2.24) is 5.32 Å². The first kappa shape index (κ1) is 13.4. The molecule has 1 atom stereocenters. The zero-order valence-electron chi connectivity index (χ0n) is 11.0. The van der Waals surface area contributed by atoms with Gasteiger partial charge in [-0.15, -0.1) is 11.8 Å². The van der Waals surface area contributed by atoms with E-state index in [1.54, 1.807) is 11.8 Å². The first-order valence-corrected chi connectivity index (χ1v) is 7.39. The molecule has 1 aliphatic heterocycles. The smallest absolute Gasteiger partial charge is 0.234 e. The van der Waals surface area contributed by atoms with Gasteiger partial charge in [-0.25, -0.2) is 0 Å². The van der Waals surface area contributed by atoms with Crippen LogP contribution in [0.4, 0.5) is 5.69 Å². The quantitative estimate of drug-likeness (QED) is 0.877. The molecule has 1 aromatic carbocycles. The number of rotatable bonds is 4. The van der Waals surface area contributed by atoms with Gasteiger partial charge in [0.15, 0.2) is 0 Å². The largest absolute Gasteiger partial charge is 0.325 e. The predicted molar refractivity (Wildman–Crippen MR) is 78.3 cm³/mol. The maximum atomic E-state index is 11.9. The molecule has 1 amide bonds. The highest BCUT2D eigenvalue weighted by Crippen LogP contribution is 2.19. The van der Waals surface area contributed by atoms with Crippen LogP contribution >= 0.6 is 11.8 Å². The fraction of sp³-hybridized carbons (Fsp3) is 0.500. The molecule has 0 aliphatic carbocycles. The SMILES string of the molecule is Cc1ccc(C)c(NC(=O)CSC2CCNC2)c1. The number of carbonyl (C=O) groups excluding carboxylic acids is 1. The lowest BCUT2D eigenvalue weighted by atomic mass is 10.1. The molecule has 0 spiro atoms. The second-order valence-corrected chi connectivity index (χ2v) is 6.08. The van der Waals surface area contributed by atoms with E-state index in [0.717, 1.165) is 24.3 Å². The summed E-state index contributed by atoms with van der Waals surface area (Å²) in [4.78, 5) is 11.9. The van der Waals surface area contributed by atoms with Crippen LogP contribution in [0.5, 0.6) is 0 Å². The van der Waals surface area contributed by atoms with Crippen LogP contribution in [0.1, 0.15) is 17.5 Å². The molecule has 1 aliphatic rings. The van der Waals surface area contributed by atoms with E-state index < -0.39 is 0 Å². The Balaban J connectivity index is 1.84. The topological polar surface area (TPSA) is 41.1 Å². The summed E-state index contributed by atoms with van der Waals surface area (Å²) in [6.45, 7) is 6.16. The van der Waals surface area contributed by atoms with Crippen molar-refractivity contribution in [2.75, 3.05) is 24.2 Å². The minimum absolute atomic E-state index is 0.0978. The molecule has 1 unspecified atom stereocenters. The van der Waals surface area contributed by atoms with Gasteiger partial charge in [-0.1, -0.05) is 12.1 Å². The maximum absolute atomic E-state index is 11.9. The fourth-order valence-corrected chi connectivity index (χ4v) is 3.00. The predicted octanol–water partition coefficient (Wildman–Crippen LogP) is 2.34. The van der Waals surface area contributed by atoms with Crippen LogP contribution in [-0.2, 0) is 4.79 Å². The molecule has 0 saturated carbocycles. The Morgan fingerprint density at radius 2 is 2.33 bits per heavy atom. The number of hydrogen-bond donors (Lipinski definition) is 2. The summed E-state index contributed by atoms with van der Waals surface area (Å²) >= 11 is 1.75. The summed E-state index contributed by atoms with van der Waals surface area (Å²) in [6, 6.07) is 6.12. The molecule has 2 rings (SSSR count). The van der Waals surface area contributed by atoms with Gasteiger partial charge >= 0.3 is 0 Å². The van der Waals surface area contributed by atoms with Crippen LogP contribution in [0, 0.1) is 13.8 Å². The number of anilines is 1. The summed E-state index contributed by atoms with van der Waals surface area (Å²) in [6.07, 6.45) is 1.17. The number of thioether (sulfide) groups is 1. The Bertz CT molecular complexity index is 428. The molecular weight excluding hydrogens is 244 g/mol. The average molecular weight is 264 g/mol. The maximum Gasteiger partial charge on any atom is 0.234 e. The third-order valence-corrected chi connectivity index (χ3v) is 4.44. The molecule has 18 heavy (non-hydrogen) atoms. The number of benzene rings is 1. The van der Waals surface area contributed by atoms with Crippen molar-refractivity contribution in [2.45, 2.75) is 25.5 Å². The van der Waals surface area contributed by atoms with E-state index in [1.807, 2.05) is 26.0 Å². The molecule has 1 heterocycles. The molecule has 1 fully saturated rings. The minimum Gasteiger partial charge on any atom is -0.325 e. The molecule has 98 valence electrons. The van der Waals surface area contributed by atoms with E-state index in [-0.39, 0.29) is 5.91 Å². The minimum atomic E-state index is 0.0978. The normalized spacial score (nSPS) is 18.9. The van der Waals surface area contributed by atoms with Crippen LogP contribution in [0.2, 0.25) is 0 Å². The first-order chi connectivity index (χ1) is 8.65. The molecule has 1 saturated heterocycles. The van der Waals surface area contributed by atoms with Gasteiger partial charge in [-0.3, -0.25) is 4.79 Å². The number of amides is 1. The van der Waals surface area contributed by atoms with Gasteiger partial charge in [0.1, 0.15) is 0 Å². The third kappa shape index (κ3) is 3.75. The average Bonchev–Trinajstić information content (AvgIpc) is 2.84. The van der Waals surface area contributed by atoms with Crippen molar-refractivity contribution in [2.24, 2.45) is 0 Å². The van der Waals surface area contributed by atoms with Crippen molar-refractivity contribution in [1.29, 1.82) is 0 Å². The number of aryl methyl sites for hydroxylation is 2. The Kier molecular flexibility index (Phi) is 4.66. The molecular formula is C14H20N2OS. The lowest BCUT2D eigenvalue weighted by molar-refractivity contribution is -0.113. The lowest BCUT2D eigenvalue weighted by Gasteiger charge is -2.11. The first-order valence-electron chi connectivity index (χ1n) is 6.34. The van der Waals surface area contributed by atoms with Crippen molar-refractivity contribution >= 4 is 23.4 Å². The van der Waals surface area contributed by atoms with Crippen LogP contribution in [-0.4, -0.2) is 30.0 Å². The summed E-state index contributed by atoms with van der Waals surface area (Å²) < 4.78 is 0. The summed E-state index contributed by atoms with van der Waals surface area (Å²) in [7, 11) is 0. The third-order valence-electron chi connectivity index (χ3n) is 3.13. The van der Waals surface area contributed by atoms with Gasteiger partial charge in [0.25, 0.3) is 0 Å². The van der Waals surface area contributed by atoms with Gasteiger partial charge in [0, 0.05) is 17.5 Å². The summed E-state index contributed by atoms with van der Waals surface area (Å²) in [5.74, 6) is 0.639. The molecule has 0 bridgehead atoms. The van der Waals surface area contributed by atoms with E-state index >= 15 is 0 Å². The number of nitrogens with one attached hydrogen (secondary N) is 2. The van der Waals surface area contributed by atoms with E-state index in [9.17, 15) is 4.79 Å². The van der Waals surface area contributed by atoms with Crippen LogP contribution in [0.15, 0.2) is 18.2 Å². The Hall–Kier alpha value is -1.00. The van der Waals surface area contributed by atoms with Crippen LogP contribution in [0.3, 0.4) is 0 Å². The Labute approximate surface area is 113 Å². The van der Waals surface area contributed by atoms with Crippen molar-refractivity contribution in [3.05, 3.63) is 29.3 Å². The summed E-state index contributed by atoms with van der Waals surface area (Å²) in [5.41, 5.74) is 3.22. The van der Waals surface area contributed by atoms with Gasteiger partial charge in [-0.2, -0.15) is 0 Å². The van der Waals surface area contributed by atoms with Crippen molar-refractivity contribution in [3.8, 4) is 0 Å². The van der Waals surface area contributed by atoms with Gasteiger partial charge in [-0.05, 0) is 44.0 Å². The van der Waals surface area contributed by atoms with E-state index in [1.165, 1.54) is 12.0 Å². The van der Waals surface area contributed by atoms with Gasteiger partial charge < -0.3 is 10.6 Å². The number of carbonyl (C=O) groups is 1. The van der Waals surface area contributed by atoms with Gasteiger partial charge in [0.2, 0.25) is 5.91 Å². The van der Waals surface area contributed by atoms with E-state index in [4.69, 9.17) is 0 Å². The molecule has 1 aromatic rings. The highest BCUT2D eigenvalue weighted by molar-refractivity contribution is 8.00. The highest BCUT2D eigenvalue weighted by atomic mass is 32.2. The van der Waals surface area contributed by atoms with E-state index in [0.29, 0.717) is 11.0 Å². The second kappa shape index (κ2) is 6.25. The molecule has 0 aromatic heterocycles. The highest BCUT2D eigenvalue weighted by Gasteiger charge is 2.16. The summed E-state index contributed by atoms with van der Waals surface area (Å²) in [5, 5.41) is 6.90. The zero-order chi connectivity index (χ0) is 13.0.